The first-order valence-electron chi connectivity index (χ1n) is 15.6. The lowest BCUT2D eigenvalue weighted by Gasteiger charge is -2.49. The lowest BCUT2D eigenvalue weighted by molar-refractivity contribution is -0.159. The number of halogens is 1. The van der Waals surface area contributed by atoms with Crippen molar-refractivity contribution >= 4 is 52.1 Å². The summed E-state index contributed by atoms with van der Waals surface area (Å²) in [5, 5.41) is 5.23. The highest BCUT2D eigenvalue weighted by Gasteiger charge is 2.62. The molecule has 248 valence electrons. The van der Waals surface area contributed by atoms with E-state index < -0.39 is 47.3 Å². The molecule has 4 aromatic carbocycles. The van der Waals surface area contributed by atoms with Crippen LogP contribution >= 0.6 is 7.26 Å². The summed E-state index contributed by atoms with van der Waals surface area (Å²) in [5.74, 6) is -1.38. The molecular formula is C38H38BrN2O5PS. The molecule has 4 aromatic rings. The van der Waals surface area contributed by atoms with E-state index in [0.29, 0.717) is 11.7 Å². The number of benzene rings is 4. The molecule has 0 spiro atoms. The minimum Gasteiger partial charge on any atom is -1.00 e. The van der Waals surface area contributed by atoms with Gasteiger partial charge in [0.15, 0.2) is 6.04 Å². The van der Waals surface area contributed by atoms with Crippen LogP contribution in [-0.4, -0.2) is 56.2 Å². The van der Waals surface area contributed by atoms with Crippen LogP contribution < -0.4 is 38.2 Å². The maximum atomic E-state index is 14.1. The number of nitrogens with zero attached hydrogens (tertiary/aromatic N) is 1. The Morgan fingerprint density at radius 3 is 1.75 bits per heavy atom. The van der Waals surface area contributed by atoms with Crippen molar-refractivity contribution < 1.29 is 40.7 Å². The molecule has 2 aliphatic heterocycles. The zero-order chi connectivity index (χ0) is 33.2. The van der Waals surface area contributed by atoms with E-state index in [2.05, 4.69) is 41.7 Å². The number of esters is 1. The Morgan fingerprint density at radius 2 is 1.29 bits per heavy atom. The molecule has 1 N–H and O–H groups in total. The van der Waals surface area contributed by atoms with Gasteiger partial charge in [-0.2, -0.15) is 0 Å². The Labute approximate surface area is 296 Å². The first-order valence-corrected chi connectivity index (χ1v) is 19.0. The molecule has 0 saturated carbocycles. The van der Waals surface area contributed by atoms with Crippen LogP contribution in [0.25, 0.3) is 0 Å². The topological polar surface area (TPSA) is 98.8 Å². The standard InChI is InChI=1S/C38H37N2O5PS.BrH/c1-38(2,3)45-37(43)34-28(26-47(44)36-33(35(42)40(34)36)39-32(41)24-27-16-8-4-9-17-27)25-46(29-18-10-5-11-19-29,30-20-12-6-13-21-30)31-22-14-7-15-23-31;/h4-23,33,36H,24-26H2,1-3H3;1H/t33-,36-,47?;/m1./s1. The first kappa shape index (κ1) is 35.6. The Bertz CT molecular complexity index is 1690. The number of rotatable bonds is 9. The summed E-state index contributed by atoms with van der Waals surface area (Å²) in [4.78, 5) is 42.3. The molecule has 0 bridgehead atoms. The number of fused-ring (bicyclic) bond motifs is 1. The van der Waals surface area contributed by atoms with Crippen LogP contribution in [0.4, 0.5) is 0 Å². The highest BCUT2D eigenvalue weighted by Crippen LogP contribution is 2.58. The number of ether oxygens (including phenoxy) is 1. The van der Waals surface area contributed by atoms with Crippen molar-refractivity contribution in [3.05, 3.63) is 138 Å². The molecule has 7 nitrogen and oxygen atoms in total. The van der Waals surface area contributed by atoms with Gasteiger partial charge >= 0.3 is 5.97 Å². The molecule has 0 aliphatic carbocycles. The van der Waals surface area contributed by atoms with E-state index in [4.69, 9.17) is 4.74 Å². The highest BCUT2D eigenvalue weighted by atomic mass is 79.9. The summed E-state index contributed by atoms with van der Waals surface area (Å²) in [6.07, 6.45) is 0.467. The molecule has 2 amide bonds. The molecule has 0 aromatic heterocycles. The summed E-state index contributed by atoms with van der Waals surface area (Å²) < 4.78 is 20.0. The number of amides is 2. The molecule has 6 rings (SSSR count). The van der Waals surface area contributed by atoms with Gasteiger partial charge in [-0.3, -0.25) is 14.5 Å². The quantitative estimate of drug-likeness (QED) is 0.121. The van der Waals surface area contributed by atoms with Crippen LogP contribution in [0.1, 0.15) is 26.3 Å². The molecule has 1 unspecified atom stereocenters. The lowest BCUT2D eigenvalue weighted by atomic mass is 10.0. The Morgan fingerprint density at radius 1 is 0.833 bits per heavy atom. The molecular weight excluding hydrogens is 707 g/mol. The van der Waals surface area contributed by atoms with Crippen LogP contribution in [0.15, 0.2) is 133 Å². The van der Waals surface area contributed by atoms with Gasteiger partial charge in [0.2, 0.25) is 11.3 Å². The number of carbonyl (C=O) groups is 3. The molecule has 10 heteroatoms. The number of hydrogen-bond acceptors (Lipinski definition) is 5. The minimum atomic E-state index is -2.50. The van der Waals surface area contributed by atoms with Crippen molar-refractivity contribution in [3.63, 3.8) is 0 Å². The summed E-state index contributed by atoms with van der Waals surface area (Å²) >= 11 is -1.59. The molecule has 3 atom stereocenters. The second-order valence-electron chi connectivity index (χ2n) is 12.8. The summed E-state index contributed by atoms with van der Waals surface area (Å²) in [5.41, 5.74) is 0.720. The smallest absolute Gasteiger partial charge is 0.356 e. The minimum absolute atomic E-state index is 0. The van der Waals surface area contributed by atoms with Gasteiger partial charge < -0.3 is 31.6 Å². The third-order valence-corrected chi connectivity index (χ3v) is 14.4. The maximum absolute atomic E-state index is 14.1. The predicted octanol–water partition coefficient (Wildman–Crippen LogP) is 1.24. The maximum Gasteiger partial charge on any atom is 0.356 e. The molecule has 1 saturated heterocycles. The third kappa shape index (κ3) is 7.15. The fourth-order valence-electron chi connectivity index (χ4n) is 6.35. The molecule has 1 fully saturated rings. The van der Waals surface area contributed by atoms with Gasteiger partial charge in [-0.15, -0.1) is 0 Å². The van der Waals surface area contributed by atoms with Gasteiger partial charge in [0.1, 0.15) is 46.4 Å². The number of nitrogens with one attached hydrogen (secondary N) is 1. The van der Waals surface area contributed by atoms with Gasteiger partial charge in [0, 0.05) is 5.57 Å². The van der Waals surface area contributed by atoms with Crippen LogP contribution in [0.5, 0.6) is 0 Å². The third-order valence-electron chi connectivity index (χ3n) is 8.34. The fourth-order valence-corrected chi connectivity index (χ4v) is 12.5. The Hall–Kier alpha value is -3.75. The van der Waals surface area contributed by atoms with Crippen molar-refractivity contribution in [2.45, 2.75) is 44.2 Å². The molecule has 0 radical (unpaired) electrons. The van der Waals surface area contributed by atoms with Crippen LogP contribution in [0.2, 0.25) is 0 Å². The van der Waals surface area contributed by atoms with Crippen molar-refractivity contribution in [1.29, 1.82) is 0 Å². The summed E-state index contributed by atoms with van der Waals surface area (Å²) in [7, 11) is -2.50. The second-order valence-corrected chi connectivity index (χ2v) is 17.8. The zero-order valence-electron chi connectivity index (χ0n) is 27.0. The summed E-state index contributed by atoms with van der Waals surface area (Å²) in [6.45, 7) is 5.34. The van der Waals surface area contributed by atoms with Crippen molar-refractivity contribution in [2.75, 3.05) is 11.9 Å². The second kappa shape index (κ2) is 14.8. The Kier molecular flexibility index (Phi) is 11.0. The van der Waals surface area contributed by atoms with E-state index in [1.807, 2.05) is 84.9 Å². The Balaban J connectivity index is 0.00000451. The summed E-state index contributed by atoms with van der Waals surface area (Å²) in [6, 6.07) is 38.9. The SMILES string of the molecule is CC(C)(C)OC(=O)C1=C(C[P+](c2ccccc2)(c2ccccc2)c2ccccc2)C[S+]([O-])[C@@H]2[C@H](NC(=O)Cc3ccccc3)C(=O)N12.[Br-]. The average Bonchev–Trinajstić information content (AvgIpc) is 3.06. The highest BCUT2D eigenvalue weighted by molar-refractivity contribution is 7.96. The largest absolute Gasteiger partial charge is 1.00 e. The van der Waals surface area contributed by atoms with Gasteiger partial charge in [0.05, 0.1) is 6.42 Å². The normalized spacial score (nSPS) is 19.0. The van der Waals surface area contributed by atoms with E-state index >= 15 is 0 Å². The van der Waals surface area contributed by atoms with E-state index in [-0.39, 0.29) is 40.8 Å². The molecule has 2 aliphatic rings. The zero-order valence-corrected chi connectivity index (χ0v) is 30.3. The monoisotopic (exact) mass is 744 g/mol. The average molecular weight is 746 g/mol. The van der Waals surface area contributed by atoms with E-state index in [0.717, 1.165) is 21.5 Å². The van der Waals surface area contributed by atoms with Gasteiger partial charge in [-0.1, -0.05) is 84.9 Å². The van der Waals surface area contributed by atoms with Gasteiger partial charge in [-0.05, 0) is 73.9 Å². The van der Waals surface area contributed by atoms with Gasteiger partial charge in [0.25, 0.3) is 5.91 Å². The van der Waals surface area contributed by atoms with Crippen LogP contribution in [0.3, 0.4) is 0 Å². The number of carbonyl (C=O) groups excluding carboxylic acids is 3. The predicted molar refractivity (Wildman–Crippen MR) is 189 cm³/mol. The van der Waals surface area contributed by atoms with Gasteiger partial charge in [-0.25, -0.2) is 4.79 Å². The lowest BCUT2D eigenvalue weighted by Crippen LogP contribution is -3.00. The van der Waals surface area contributed by atoms with Crippen molar-refractivity contribution in [3.8, 4) is 0 Å². The van der Waals surface area contributed by atoms with E-state index in [1.165, 1.54) is 4.90 Å². The first-order chi connectivity index (χ1) is 22.6. The fraction of sp³-hybridized carbons (Fsp3) is 0.237. The van der Waals surface area contributed by atoms with Crippen LogP contribution in [0, 0.1) is 0 Å². The number of β-lactam (4-membered cyclic amide) rings is 1. The van der Waals surface area contributed by atoms with Crippen LogP contribution in [-0.2, 0) is 36.7 Å². The number of hydrogen-bond donors (Lipinski definition) is 1. The van der Waals surface area contributed by atoms with E-state index in [1.54, 1.807) is 20.8 Å². The van der Waals surface area contributed by atoms with E-state index in [9.17, 15) is 18.9 Å². The van der Waals surface area contributed by atoms with Crippen molar-refractivity contribution in [2.24, 2.45) is 0 Å². The molecule has 2 heterocycles. The van der Waals surface area contributed by atoms with Crippen molar-refractivity contribution in [1.82, 2.24) is 10.2 Å². The molecule has 48 heavy (non-hydrogen) atoms.